The summed E-state index contributed by atoms with van der Waals surface area (Å²) in [6.07, 6.45) is 7.07. The average molecular weight is 388 g/mol. The predicted octanol–water partition coefficient (Wildman–Crippen LogP) is 3.19. The van der Waals surface area contributed by atoms with E-state index >= 15 is 0 Å². The minimum absolute atomic E-state index is 0.159. The molecular formula is C22H37N5O. The summed E-state index contributed by atoms with van der Waals surface area (Å²) in [5, 5.41) is 6.96. The number of guanidine groups is 1. The molecule has 6 heteroatoms. The Hall–Kier alpha value is -1.82. The SMILES string of the molecule is CN=C(NCc1ccnc(N2CCCC2)c1)NCC1CCCOC1C(C)(C)C. The standard InChI is InChI=1S/C22H37N5O/c1-22(2,3)20-18(8-7-13-28-20)16-26-21(23-4)25-15-17-9-10-24-19(14-17)27-11-5-6-12-27/h9-10,14,18,20H,5-8,11-13,15-16H2,1-4H3,(H2,23,25,26). The first kappa shape index (κ1) is 20.9. The van der Waals surface area contributed by atoms with Gasteiger partial charge in [-0.2, -0.15) is 0 Å². The van der Waals surface area contributed by atoms with Gasteiger partial charge in [-0.05, 0) is 48.8 Å². The summed E-state index contributed by atoms with van der Waals surface area (Å²) in [6, 6.07) is 4.26. The number of anilines is 1. The van der Waals surface area contributed by atoms with Crippen molar-refractivity contribution >= 4 is 11.8 Å². The maximum atomic E-state index is 6.10. The minimum atomic E-state index is 0.159. The molecule has 1 aromatic heterocycles. The van der Waals surface area contributed by atoms with E-state index in [4.69, 9.17) is 4.74 Å². The van der Waals surface area contributed by atoms with Gasteiger partial charge in [0.05, 0.1) is 6.10 Å². The highest BCUT2D eigenvalue weighted by Gasteiger charge is 2.35. The van der Waals surface area contributed by atoms with Crippen LogP contribution in [0.2, 0.25) is 0 Å². The lowest BCUT2D eigenvalue weighted by molar-refractivity contribution is -0.0835. The van der Waals surface area contributed by atoms with Crippen molar-refractivity contribution in [2.75, 3.05) is 38.2 Å². The average Bonchev–Trinajstić information content (AvgIpc) is 3.23. The second-order valence-electron chi connectivity index (χ2n) is 9.08. The van der Waals surface area contributed by atoms with Gasteiger partial charge in [0.1, 0.15) is 5.82 Å². The molecule has 2 atom stereocenters. The van der Waals surface area contributed by atoms with Crippen LogP contribution < -0.4 is 15.5 Å². The van der Waals surface area contributed by atoms with Crippen molar-refractivity contribution in [1.82, 2.24) is 15.6 Å². The van der Waals surface area contributed by atoms with Crippen molar-refractivity contribution in [3.63, 3.8) is 0 Å². The number of ether oxygens (including phenoxy) is 1. The Morgan fingerprint density at radius 2 is 2.04 bits per heavy atom. The molecule has 2 aliphatic rings. The molecule has 3 rings (SSSR count). The highest BCUT2D eigenvalue weighted by Crippen LogP contribution is 2.33. The number of hydrogen-bond acceptors (Lipinski definition) is 4. The molecule has 0 saturated carbocycles. The first-order chi connectivity index (χ1) is 13.5. The number of nitrogens with zero attached hydrogens (tertiary/aromatic N) is 3. The van der Waals surface area contributed by atoms with E-state index in [1.54, 1.807) is 0 Å². The normalized spacial score (nSPS) is 23.7. The maximum Gasteiger partial charge on any atom is 0.191 e. The van der Waals surface area contributed by atoms with E-state index in [0.29, 0.717) is 5.92 Å². The lowest BCUT2D eigenvalue weighted by Crippen LogP contribution is -2.47. The Labute approximate surface area is 170 Å². The van der Waals surface area contributed by atoms with Gasteiger partial charge >= 0.3 is 0 Å². The van der Waals surface area contributed by atoms with Crippen LogP contribution in [-0.4, -0.2) is 50.3 Å². The number of aliphatic imine (C=N–C) groups is 1. The van der Waals surface area contributed by atoms with Crippen LogP contribution in [0, 0.1) is 11.3 Å². The van der Waals surface area contributed by atoms with Crippen molar-refractivity contribution in [3.8, 4) is 0 Å². The lowest BCUT2D eigenvalue weighted by Gasteiger charge is -2.40. The van der Waals surface area contributed by atoms with Crippen molar-refractivity contribution in [2.24, 2.45) is 16.3 Å². The van der Waals surface area contributed by atoms with Crippen LogP contribution in [-0.2, 0) is 11.3 Å². The Morgan fingerprint density at radius 3 is 2.75 bits per heavy atom. The van der Waals surface area contributed by atoms with Crippen LogP contribution in [0.1, 0.15) is 52.0 Å². The summed E-state index contributed by atoms with van der Waals surface area (Å²) < 4.78 is 6.10. The quantitative estimate of drug-likeness (QED) is 0.600. The fourth-order valence-electron chi connectivity index (χ4n) is 4.33. The fraction of sp³-hybridized carbons (Fsp3) is 0.727. The first-order valence-electron chi connectivity index (χ1n) is 10.7. The van der Waals surface area contributed by atoms with Crippen molar-refractivity contribution in [2.45, 2.75) is 59.1 Å². The smallest absolute Gasteiger partial charge is 0.191 e. The van der Waals surface area contributed by atoms with Crippen molar-refractivity contribution in [1.29, 1.82) is 0 Å². The second-order valence-corrected chi connectivity index (χ2v) is 9.08. The highest BCUT2D eigenvalue weighted by atomic mass is 16.5. The van der Waals surface area contributed by atoms with E-state index < -0.39 is 0 Å². The molecule has 0 aliphatic carbocycles. The molecule has 0 aromatic carbocycles. The molecule has 28 heavy (non-hydrogen) atoms. The molecule has 0 radical (unpaired) electrons. The predicted molar refractivity (Wildman–Crippen MR) is 116 cm³/mol. The molecule has 0 amide bonds. The van der Waals surface area contributed by atoms with Gasteiger partial charge in [-0.1, -0.05) is 20.8 Å². The van der Waals surface area contributed by atoms with E-state index in [1.807, 2.05) is 13.2 Å². The molecule has 3 heterocycles. The molecule has 2 N–H and O–H groups in total. The maximum absolute atomic E-state index is 6.10. The van der Waals surface area contributed by atoms with E-state index in [-0.39, 0.29) is 11.5 Å². The van der Waals surface area contributed by atoms with Gasteiger partial charge in [0.15, 0.2) is 5.96 Å². The number of nitrogens with one attached hydrogen (secondary N) is 2. The monoisotopic (exact) mass is 387 g/mol. The molecule has 2 fully saturated rings. The molecule has 0 spiro atoms. The Kier molecular flexibility index (Phi) is 7.16. The number of hydrogen-bond donors (Lipinski definition) is 2. The largest absolute Gasteiger partial charge is 0.377 e. The molecule has 2 aliphatic heterocycles. The lowest BCUT2D eigenvalue weighted by atomic mass is 9.78. The van der Waals surface area contributed by atoms with E-state index in [0.717, 1.165) is 51.0 Å². The van der Waals surface area contributed by atoms with Crippen LogP contribution in [0.3, 0.4) is 0 Å². The van der Waals surface area contributed by atoms with Crippen molar-refractivity contribution < 1.29 is 4.74 Å². The number of rotatable bonds is 5. The molecule has 0 bridgehead atoms. The van der Waals surface area contributed by atoms with Gasteiger partial charge in [0.25, 0.3) is 0 Å². The molecule has 156 valence electrons. The third-order valence-electron chi connectivity index (χ3n) is 5.75. The minimum Gasteiger partial charge on any atom is -0.377 e. The molecule has 2 unspecified atom stereocenters. The van der Waals surface area contributed by atoms with Crippen LogP contribution >= 0.6 is 0 Å². The summed E-state index contributed by atoms with van der Waals surface area (Å²) in [5.74, 6) is 2.44. The van der Waals surface area contributed by atoms with Gasteiger partial charge < -0.3 is 20.3 Å². The third-order valence-corrected chi connectivity index (χ3v) is 5.75. The second kappa shape index (κ2) is 9.59. The van der Waals surface area contributed by atoms with Gasteiger partial charge in [0, 0.05) is 51.9 Å². The van der Waals surface area contributed by atoms with E-state index in [1.165, 1.54) is 24.8 Å². The summed E-state index contributed by atoms with van der Waals surface area (Å²) in [7, 11) is 1.83. The van der Waals surface area contributed by atoms with Crippen molar-refractivity contribution in [3.05, 3.63) is 23.9 Å². The zero-order valence-electron chi connectivity index (χ0n) is 18.0. The molecular weight excluding hydrogens is 350 g/mol. The molecule has 1 aromatic rings. The van der Waals surface area contributed by atoms with Crippen LogP contribution in [0.15, 0.2) is 23.3 Å². The summed E-state index contributed by atoms with van der Waals surface area (Å²) >= 11 is 0. The summed E-state index contributed by atoms with van der Waals surface area (Å²) in [6.45, 7) is 11.5. The topological polar surface area (TPSA) is 61.8 Å². The fourth-order valence-corrected chi connectivity index (χ4v) is 4.33. The summed E-state index contributed by atoms with van der Waals surface area (Å²) in [5.41, 5.74) is 1.39. The summed E-state index contributed by atoms with van der Waals surface area (Å²) in [4.78, 5) is 11.3. The van der Waals surface area contributed by atoms with Gasteiger partial charge in [-0.25, -0.2) is 4.98 Å². The van der Waals surface area contributed by atoms with Gasteiger partial charge in [-0.15, -0.1) is 0 Å². The van der Waals surface area contributed by atoms with E-state index in [2.05, 4.69) is 58.4 Å². The molecule has 2 saturated heterocycles. The number of pyridine rings is 1. The Morgan fingerprint density at radius 1 is 1.25 bits per heavy atom. The Bertz CT molecular complexity index is 649. The zero-order chi connectivity index (χ0) is 20.0. The van der Waals surface area contributed by atoms with Gasteiger partial charge in [0.2, 0.25) is 0 Å². The first-order valence-corrected chi connectivity index (χ1v) is 10.7. The van der Waals surface area contributed by atoms with Crippen LogP contribution in [0.5, 0.6) is 0 Å². The van der Waals surface area contributed by atoms with Gasteiger partial charge in [-0.3, -0.25) is 4.99 Å². The third kappa shape index (κ3) is 5.60. The van der Waals surface area contributed by atoms with E-state index in [9.17, 15) is 0 Å². The molecule has 6 nitrogen and oxygen atoms in total. The Balaban J connectivity index is 1.51. The zero-order valence-corrected chi connectivity index (χ0v) is 18.0. The van der Waals surface area contributed by atoms with Crippen LogP contribution in [0.4, 0.5) is 5.82 Å². The van der Waals surface area contributed by atoms with Crippen LogP contribution in [0.25, 0.3) is 0 Å². The highest BCUT2D eigenvalue weighted by molar-refractivity contribution is 5.79. The number of aromatic nitrogens is 1.